The molecule has 21 heavy (non-hydrogen) atoms. The van der Waals surface area contributed by atoms with Gasteiger partial charge in [0.2, 0.25) is 0 Å². The molecule has 0 bridgehead atoms. The number of carboxylic acids is 1. The summed E-state index contributed by atoms with van der Waals surface area (Å²) in [6.07, 6.45) is -0.441. The summed E-state index contributed by atoms with van der Waals surface area (Å²) in [5.74, 6) is -0.433. The summed E-state index contributed by atoms with van der Waals surface area (Å²) in [6, 6.07) is 6.76. The minimum atomic E-state index is -1.49. The average Bonchev–Trinajstić information content (AvgIpc) is 2.42. The molecule has 0 aromatic heterocycles. The van der Waals surface area contributed by atoms with Crippen molar-refractivity contribution < 1.29 is 24.5 Å². The molecule has 0 spiro atoms. The SMILES string of the molecule is COc1cccc(CNC(=O)NCC(C)(O)CC(=O)O)c1. The maximum absolute atomic E-state index is 11.6. The van der Waals surface area contributed by atoms with Gasteiger partial charge in [-0.1, -0.05) is 12.1 Å². The van der Waals surface area contributed by atoms with Gasteiger partial charge in [0.25, 0.3) is 0 Å². The number of aliphatic hydroxyl groups is 1. The van der Waals surface area contributed by atoms with Gasteiger partial charge in [-0.05, 0) is 24.6 Å². The lowest BCUT2D eigenvalue weighted by atomic mass is 10.0. The maximum Gasteiger partial charge on any atom is 0.315 e. The number of urea groups is 1. The zero-order valence-electron chi connectivity index (χ0n) is 12.0. The molecule has 7 nitrogen and oxygen atoms in total. The lowest BCUT2D eigenvalue weighted by Crippen LogP contribution is -2.45. The number of carboxylic acid groups (broad SMARTS) is 1. The fraction of sp³-hybridized carbons (Fsp3) is 0.429. The number of amides is 2. The van der Waals surface area contributed by atoms with Crippen LogP contribution in [0.25, 0.3) is 0 Å². The summed E-state index contributed by atoms with van der Waals surface area (Å²) in [5, 5.41) is 23.4. The number of aliphatic carboxylic acids is 1. The molecule has 0 heterocycles. The van der Waals surface area contributed by atoms with Crippen molar-refractivity contribution in [1.29, 1.82) is 0 Å². The quantitative estimate of drug-likeness (QED) is 0.593. The second-order valence-corrected chi connectivity index (χ2v) is 4.96. The van der Waals surface area contributed by atoms with Crippen molar-refractivity contribution in [3.05, 3.63) is 29.8 Å². The van der Waals surface area contributed by atoms with E-state index in [0.29, 0.717) is 12.3 Å². The zero-order chi connectivity index (χ0) is 15.9. The third-order valence-corrected chi connectivity index (χ3v) is 2.75. The van der Waals surface area contributed by atoms with Crippen LogP contribution >= 0.6 is 0 Å². The molecule has 0 aliphatic rings. The lowest BCUT2D eigenvalue weighted by molar-refractivity contribution is -0.141. The van der Waals surface area contributed by atoms with Crippen LogP contribution in [0, 0.1) is 0 Å². The van der Waals surface area contributed by atoms with Gasteiger partial charge in [-0.25, -0.2) is 4.79 Å². The Labute approximate surface area is 122 Å². The number of carbonyl (C=O) groups excluding carboxylic acids is 1. The van der Waals surface area contributed by atoms with E-state index in [9.17, 15) is 14.7 Å². The molecule has 0 saturated carbocycles. The minimum absolute atomic E-state index is 0.150. The van der Waals surface area contributed by atoms with Crippen LogP contribution in [0.15, 0.2) is 24.3 Å². The average molecular weight is 296 g/mol. The van der Waals surface area contributed by atoms with E-state index in [4.69, 9.17) is 9.84 Å². The van der Waals surface area contributed by atoms with Gasteiger partial charge in [0, 0.05) is 13.1 Å². The van der Waals surface area contributed by atoms with Crippen molar-refractivity contribution in [2.75, 3.05) is 13.7 Å². The first-order valence-electron chi connectivity index (χ1n) is 6.41. The van der Waals surface area contributed by atoms with Gasteiger partial charge in [0.1, 0.15) is 5.75 Å². The number of benzene rings is 1. The standard InChI is InChI=1S/C14H20N2O5/c1-14(20,7-12(17)18)9-16-13(19)15-8-10-4-3-5-11(6-10)21-2/h3-6,20H,7-9H2,1-2H3,(H,17,18)(H2,15,16,19). The number of hydrogen-bond acceptors (Lipinski definition) is 4. The first-order valence-corrected chi connectivity index (χ1v) is 6.41. The highest BCUT2D eigenvalue weighted by molar-refractivity contribution is 5.74. The monoisotopic (exact) mass is 296 g/mol. The van der Waals surface area contributed by atoms with E-state index in [2.05, 4.69) is 10.6 Å². The molecule has 0 saturated heterocycles. The van der Waals surface area contributed by atoms with Crippen LogP contribution < -0.4 is 15.4 Å². The van der Waals surface area contributed by atoms with Gasteiger partial charge in [-0.15, -0.1) is 0 Å². The van der Waals surface area contributed by atoms with E-state index in [0.717, 1.165) is 5.56 Å². The fourth-order valence-electron chi connectivity index (χ4n) is 1.69. The smallest absolute Gasteiger partial charge is 0.315 e. The number of carbonyl (C=O) groups is 2. The van der Waals surface area contributed by atoms with Crippen molar-refractivity contribution in [2.45, 2.75) is 25.5 Å². The predicted octanol–water partition coefficient (Wildman–Crippen LogP) is 0.720. The summed E-state index contributed by atoms with van der Waals surface area (Å²) in [5.41, 5.74) is -0.624. The van der Waals surface area contributed by atoms with Gasteiger partial charge in [0.05, 0.1) is 19.1 Å². The van der Waals surface area contributed by atoms with Crippen LogP contribution in [0.4, 0.5) is 4.79 Å². The van der Waals surface area contributed by atoms with Crippen molar-refractivity contribution in [3.8, 4) is 5.75 Å². The topological polar surface area (TPSA) is 108 Å². The molecule has 1 aromatic rings. The summed E-state index contributed by atoms with van der Waals surface area (Å²) in [6.45, 7) is 1.50. The summed E-state index contributed by atoms with van der Waals surface area (Å²) in [4.78, 5) is 22.1. The van der Waals surface area contributed by atoms with Crippen LogP contribution in [0.3, 0.4) is 0 Å². The molecule has 0 aliphatic carbocycles. The Balaban J connectivity index is 2.38. The maximum atomic E-state index is 11.6. The van der Waals surface area contributed by atoms with E-state index in [1.165, 1.54) is 6.92 Å². The zero-order valence-corrected chi connectivity index (χ0v) is 12.0. The van der Waals surface area contributed by atoms with E-state index >= 15 is 0 Å². The molecule has 1 atom stereocenters. The van der Waals surface area contributed by atoms with Gasteiger partial charge in [-0.3, -0.25) is 4.79 Å². The fourth-order valence-corrected chi connectivity index (χ4v) is 1.69. The summed E-state index contributed by atoms with van der Waals surface area (Å²) < 4.78 is 5.07. The highest BCUT2D eigenvalue weighted by atomic mass is 16.5. The molecule has 0 fully saturated rings. The second-order valence-electron chi connectivity index (χ2n) is 4.96. The van der Waals surface area contributed by atoms with Crippen molar-refractivity contribution in [2.24, 2.45) is 0 Å². The molecule has 2 amide bonds. The number of ether oxygens (including phenoxy) is 1. The van der Waals surface area contributed by atoms with Gasteiger partial charge in [0.15, 0.2) is 0 Å². The van der Waals surface area contributed by atoms with E-state index < -0.39 is 24.0 Å². The van der Waals surface area contributed by atoms with Crippen LogP contribution in [0.1, 0.15) is 18.9 Å². The number of methoxy groups -OCH3 is 1. The molecule has 1 aromatic carbocycles. The molecule has 1 rings (SSSR count). The lowest BCUT2D eigenvalue weighted by Gasteiger charge is -2.21. The van der Waals surface area contributed by atoms with Crippen LogP contribution in [-0.4, -0.2) is 41.5 Å². The Bertz CT molecular complexity index is 502. The van der Waals surface area contributed by atoms with Crippen molar-refractivity contribution in [3.63, 3.8) is 0 Å². The number of nitrogens with one attached hydrogen (secondary N) is 2. The second kappa shape index (κ2) is 7.49. The highest BCUT2D eigenvalue weighted by Gasteiger charge is 2.24. The minimum Gasteiger partial charge on any atom is -0.497 e. The Morgan fingerprint density at radius 1 is 1.33 bits per heavy atom. The first kappa shape index (κ1) is 16.8. The Morgan fingerprint density at radius 2 is 2.05 bits per heavy atom. The molecule has 0 radical (unpaired) electrons. The molecule has 1 unspecified atom stereocenters. The van der Waals surface area contributed by atoms with Crippen LogP contribution in [-0.2, 0) is 11.3 Å². The Hall–Kier alpha value is -2.28. The van der Waals surface area contributed by atoms with Gasteiger partial charge >= 0.3 is 12.0 Å². The largest absolute Gasteiger partial charge is 0.497 e. The van der Waals surface area contributed by atoms with Crippen LogP contribution in [0.2, 0.25) is 0 Å². The molecular formula is C14H20N2O5. The van der Waals surface area contributed by atoms with E-state index in [-0.39, 0.29) is 6.54 Å². The third kappa shape index (κ3) is 6.62. The highest BCUT2D eigenvalue weighted by Crippen LogP contribution is 2.12. The normalized spacial score (nSPS) is 13.1. The van der Waals surface area contributed by atoms with E-state index in [1.807, 2.05) is 12.1 Å². The molecule has 116 valence electrons. The summed E-state index contributed by atoms with van der Waals surface area (Å²) >= 11 is 0. The van der Waals surface area contributed by atoms with Crippen molar-refractivity contribution >= 4 is 12.0 Å². The predicted molar refractivity (Wildman–Crippen MR) is 76.1 cm³/mol. The molecular weight excluding hydrogens is 276 g/mol. The first-order chi connectivity index (χ1) is 9.82. The summed E-state index contributed by atoms with van der Waals surface area (Å²) in [7, 11) is 1.56. The Kier molecular flexibility index (Phi) is 5.98. The third-order valence-electron chi connectivity index (χ3n) is 2.75. The van der Waals surface area contributed by atoms with Crippen molar-refractivity contribution in [1.82, 2.24) is 10.6 Å². The Morgan fingerprint density at radius 3 is 2.67 bits per heavy atom. The van der Waals surface area contributed by atoms with Gasteiger partial charge in [-0.2, -0.15) is 0 Å². The molecule has 0 aliphatic heterocycles. The number of hydrogen-bond donors (Lipinski definition) is 4. The van der Waals surface area contributed by atoms with E-state index in [1.54, 1.807) is 19.2 Å². The number of rotatable bonds is 7. The molecule has 7 heteroatoms. The van der Waals surface area contributed by atoms with Gasteiger partial charge < -0.3 is 25.6 Å². The van der Waals surface area contributed by atoms with Crippen LogP contribution in [0.5, 0.6) is 5.75 Å². The molecule has 4 N–H and O–H groups in total.